The minimum atomic E-state index is -0.716. The molecule has 0 spiro atoms. The minimum Gasteiger partial charge on any atom is -0.392 e. The van der Waals surface area contributed by atoms with E-state index in [9.17, 15) is 10.2 Å². The standard InChI is InChI=1S/C15H26O2/c1-10(2)12-7-8-14(4)13(16)6-5-11(3)15(14,17)9-12/h11-13,16-17H,1,5-9H2,2-4H3. The molecule has 0 aromatic carbocycles. The van der Waals surface area contributed by atoms with Gasteiger partial charge >= 0.3 is 0 Å². The summed E-state index contributed by atoms with van der Waals surface area (Å²) < 4.78 is 0. The Hall–Kier alpha value is -0.340. The van der Waals surface area contributed by atoms with E-state index in [4.69, 9.17) is 0 Å². The molecule has 0 aromatic rings. The molecule has 0 bridgehead atoms. The molecule has 0 radical (unpaired) electrons. The van der Waals surface area contributed by atoms with Crippen molar-refractivity contribution in [3.63, 3.8) is 0 Å². The van der Waals surface area contributed by atoms with Gasteiger partial charge in [0, 0.05) is 5.41 Å². The van der Waals surface area contributed by atoms with Gasteiger partial charge in [-0.15, -0.1) is 0 Å². The van der Waals surface area contributed by atoms with Crippen molar-refractivity contribution < 1.29 is 10.2 Å². The van der Waals surface area contributed by atoms with Crippen LogP contribution in [0, 0.1) is 17.3 Å². The Labute approximate surface area is 105 Å². The van der Waals surface area contributed by atoms with E-state index < -0.39 is 5.60 Å². The van der Waals surface area contributed by atoms with E-state index in [0.29, 0.717) is 5.92 Å². The molecule has 0 saturated heterocycles. The summed E-state index contributed by atoms with van der Waals surface area (Å²) in [6.45, 7) is 10.3. The van der Waals surface area contributed by atoms with Gasteiger partial charge in [-0.3, -0.25) is 0 Å². The smallest absolute Gasteiger partial charge is 0.0756 e. The fourth-order valence-electron chi connectivity index (χ4n) is 4.01. The van der Waals surface area contributed by atoms with Crippen LogP contribution < -0.4 is 0 Å². The van der Waals surface area contributed by atoms with Crippen LogP contribution in [0.4, 0.5) is 0 Å². The highest BCUT2D eigenvalue weighted by Gasteiger charge is 2.59. The van der Waals surface area contributed by atoms with Gasteiger partial charge in [0.25, 0.3) is 0 Å². The van der Waals surface area contributed by atoms with E-state index in [1.807, 2.05) is 0 Å². The van der Waals surface area contributed by atoms with E-state index >= 15 is 0 Å². The summed E-state index contributed by atoms with van der Waals surface area (Å²) in [5, 5.41) is 21.4. The van der Waals surface area contributed by atoms with Crippen molar-refractivity contribution in [1.82, 2.24) is 0 Å². The van der Waals surface area contributed by atoms with Crippen LogP contribution in [0.5, 0.6) is 0 Å². The third-order valence-corrected chi connectivity index (χ3v) is 5.68. The first-order valence-electron chi connectivity index (χ1n) is 6.87. The summed E-state index contributed by atoms with van der Waals surface area (Å²) in [6.07, 6.45) is 4.14. The maximum absolute atomic E-state index is 11.1. The molecule has 2 aliphatic rings. The van der Waals surface area contributed by atoms with Gasteiger partial charge in [-0.2, -0.15) is 0 Å². The number of allylic oxidation sites excluding steroid dienone is 1. The van der Waals surface area contributed by atoms with Crippen molar-refractivity contribution in [2.24, 2.45) is 17.3 Å². The lowest BCUT2D eigenvalue weighted by Gasteiger charge is -2.59. The first kappa shape index (κ1) is 13.1. The zero-order chi connectivity index (χ0) is 12.8. The van der Waals surface area contributed by atoms with E-state index in [0.717, 1.165) is 32.1 Å². The van der Waals surface area contributed by atoms with Gasteiger partial charge < -0.3 is 10.2 Å². The van der Waals surface area contributed by atoms with E-state index in [2.05, 4.69) is 27.4 Å². The van der Waals surface area contributed by atoms with Gasteiger partial charge in [-0.1, -0.05) is 26.0 Å². The lowest BCUT2D eigenvalue weighted by Crippen LogP contribution is -2.62. The normalized spacial score (nSPS) is 50.8. The minimum absolute atomic E-state index is 0.276. The maximum Gasteiger partial charge on any atom is 0.0756 e. The number of hydrogen-bond donors (Lipinski definition) is 2. The number of hydrogen-bond acceptors (Lipinski definition) is 2. The third kappa shape index (κ3) is 1.77. The molecule has 17 heavy (non-hydrogen) atoms. The van der Waals surface area contributed by atoms with Crippen LogP contribution in [0.15, 0.2) is 12.2 Å². The highest BCUT2D eigenvalue weighted by Crippen LogP contribution is 2.57. The Kier molecular flexibility index (Phi) is 3.16. The molecule has 5 atom stereocenters. The maximum atomic E-state index is 11.1. The van der Waals surface area contributed by atoms with Gasteiger partial charge in [0.1, 0.15) is 0 Å². The van der Waals surface area contributed by atoms with Crippen LogP contribution in [0.3, 0.4) is 0 Å². The van der Waals surface area contributed by atoms with Crippen LogP contribution in [0.1, 0.15) is 52.9 Å². The molecular formula is C15H26O2. The summed E-state index contributed by atoms with van der Waals surface area (Å²) >= 11 is 0. The van der Waals surface area contributed by atoms with Crippen molar-refractivity contribution in [3.8, 4) is 0 Å². The van der Waals surface area contributed by atoms with Gasteiger partial charge in [0.05, 0.1) is 11.7 Å². The number of fused-ring (bicyclic) bond motifs is 1. The molecule has 0 aliphatic heterocycles. The van der Waals surface area contributed by atoms with Crippen LogP contribution in [-0.4, -0.2) is 21.9 Å². The predicted molar refractivity (Wildman–Crippen MR) is 69.6 cm³/mol. The fraction of sp³-hybridized carbons (Fsp3) is 0.867. The van der Waals surface area contributed by atoms with Gasteiger partial charge in [-0.25, -0.2) is 0 Å². The fourth-order valence-corrected chi connectivity index (χ4v) is 4.01. The Morgan fingerprint density at radius 1 is 1.29 bits per heavy atom. The van der Waals surface area contributed by atoms with Crippen LogP contribution in [-0.2, 0) is 0 Å². The second-order valence-electron chi connectivity index (χ2n) is 6.62. The second-order valence-corrected chi connectivity index (χ2v) is 6.62. The monoisotopic (exact) mass is 238 g/mol. The predicted octanol–water partition coefficient (Wildman–Crippen LogP) is 2.89. The van der Waals surface area contributed by atoms with Crippen LogP contribution >= 0.6 is 0 Å². The van der Waals surface area contributed by atoms with Gasteiger partial charge in [0.15, 0.2) is 0 Å². The van der Waals surface area contributed by atoms with E-state index in [1.165, 1.54) is 5.57 Å². The molecule has 5 unspecified atom stereocenters. The first-order valence-corrected chi connectivity index (χ1v) is 6.87. The molecule has 2 fully saturated rings. The molecule has 98 valence electrons. The topological polar surface area (TPSA) is 40.5 Å². The molecule has 2 rings (SSSR count). The largest absolute Gasteiger partial charge is 0.392 e. The Morgan fingerprint density at radius 2 is 1.94 bits per heavy atom. The van der Waals surface area contributed by atoms with Gasteiger partial charge in [-0.05, 0) is 50.9 Å². The van der Waals surface area contributed by atoms with Crippen molar-refractivity contribution in [2.45, 2.75) is 64.6 Å². The van der Waals surface area contributed by atoms with Crippen LogP contribution in [0.25, 0.3) is 0 Å². The van der Waals surface area contributed by atoms with Crippen molar-refractivity contribution in [1.29, 1.82) is 0 Å². The third-order valence-electron chi connectivity index (χ3n) is 5.68. The molecular weight excluding hydrogens is 212 g/mol. The summed E-state index contributed by atoms with van der Waals surface area (Å²) in [7, 11) is 0. The highest BCUT2D eigenvalue weighted by molar-refractivity contribution is 5.13. The average Bonchev–Trinajstić information content (AvgIpc) is 2.27. The molecule has 2 heteroatoms. The van der Waals surface area contributed by atoms with Crippen molar-refractivity contribution in [3.05, 3.63) is 12.2 Å². The molecule has 0 heterocycles. The Balaban J connectivity index is 2.32. The highest BCUT2D eigenvalue weighted by atomic mass is 16.3. The van der Waals surface area contributed by atoms with Crippen molar-refractivity contribution in [2.75, 3.05) is 0 Å². The molecule has 2 saturated carbocycles. The Bertz CT molecular complexity index is 325. The zero-order valence-electron chi connectivity index (χ0n) is 11.4. The summed E-state index contributed by atoms with van der Waals surface area (Å²) in [4.78, 5) is 0. The Morgan fingerprint density at radius 3 is 2.53 bits per heavy atom. The zero-order valence-corrected chi connectivity index (χ0v) is 11.4. The SMILES string of the molecule is C=C(C)C1CCC2(C)C(O)CCC(C)C2(O)C1. The van der Waals surface area contributed by atoms with E-state index in [1.54, 1.807) is 0 Å². The number of rotatable bonds is 1. The molecule has 2 nitrogen and oxygen atoms in total. The summed E-state index contributed by atoms with van der Waals surface area (Å²) in [5.41, 5.74) is 0.135. The van der Waals surface area contributed by atoms with E-state index in [-0.39, 0.29) is 17.4 Å². The lowest BCUT2D eigenvalue weighted by atomic mass is 9.50. The lowest BCUT2D eigenvalue weighted by molar-refractivity contribution is -0.217. The average molecular weight is 238 g/mol. The summed E-state index contributed by atoms with van der Waals surface area (Å²) in [6, 6.07) is 0. The van der Waals surface area contributed by atoms with Gasteiger partial charge in [0.2, 0.25) is 0 Å². The molecule has 0 aromatic heterocycles. The number of aliphatic hydroxyl groups is 2. The quantitative estimate of drug-likeness (QED) is 0.690. The van der Waals surface area contributed by atoms with Crippen LogP contribution in [0.2, 0.25) is 0 Å². The first-order chi connectivity index (χ1) is 7.81. The second kappa shape index (κ2) is 4.10. The molecule has 2 N–H and O–H groups in total. The number of aliphatic hydroxyl groups excluding tert-OH is 1. The summed E-state index contributed by atoms with van der Waals surface area (Å²) in [5.74, 6) is 0.693. The van der Waals surface area contributed by atoms with Crippen molar-refractivity contribution >= 4 is 0 Å². The molecule has 2 aliphatic carbocycles. The molecule has 0 amide bonds.